The number of aliphatic hydroxyl groups excluding tert-OH is 2. The maximum Gasteiger partial charge on any atom is 0.119 e. The largest absolute Gasteiger partial charge is 0.491 e. The van der Waals surface area contributed by atoms with Crippen LogP contribution in [0.4, 0.5) is 0 Å². The molecule has 3 N–H and O–H groups in total. The molecule has 0 aliphatic heterocycles. The first-order chi connectivity index (χ1) is 7.26. The SMILES string of the molecule is CNCC(O)COc1cccc(CO)c1. The van der Waals surface area contributed by atoms with E-state index in [9.17, 15) is 5.11 Å². The van der Waals surface area contributed by atoms with Crippen molar-refractivity contribution in [3.63, 3.8) is 0 Å². The highest BCUT2D eigenvalue weighted by Gasteiger charge is 2.03. The third-order valence-electron chi connectivity index (χ3n) is 1.96. The zero-order valence-electron chi connectivity index (χ0n) is 8.81. The maximum atomic E-state index is 9.40. The minimum atomic E-state index is -0.521. The fourth-order valence-corrected chi connectivity index (χ4v) is 1.22. The van der Waals surface area contributed by atoms with Gasteiger partial charge in [0.05, 0.1) is 6.61 Å². The molecule has 0 aromatic heterocycles. The highest BCUT2D eigenvalue weighted by atomic mass is 16.5. The Morgan fingerprint density at radius 1 is 1.47 bits per heavy atom. The number of benzene rings is 1. The van der Waals surface area contributed by atoms with E-state index in [0.717, 1.165) is 5.56 Å². The Labute approximate surface area is 89.5 Å². The van der Waals surface area contributed by atoms with E-state index in [1.54, 1.807) is 19.2 Å². The van der Waals surface area contributed by atoms with E-state index >= 15 is 0 Å². The van der Waals surface area contributed by atoms with Gasteiger partial charge in [-0.3, -0.25) is 0 Å². The minimum Gasteiger partial charge on any atom is -0.491 e. The van der Waals surface area contributed by atoms with Gasteiger partial charge in [0.2, 0.25) is 0 Å². The van der Waals surface area contributed by atoms with Crippen molar-refractivity contribution in [2.24, 2.45) is 0 Å². The topological polar surface area (TPSA) is 61.7 Å². The summed E-state index contributed by atoms with van der Waals surface area (Å²) in [4.78, 5) is 0. The Morgan fingerprint density at radius 3 is 2.93 bits per heavy atom. The minimum absolute atomic E-state index is 0.00370. The standard InChI is InChI=1S/C11H17NO3/c1-12-6-10(14)8-15-11-4-2-3-9(5-11)7-13/h2-5,10,12-14H,6-8H2,1H3. The van der Waals surface area contributed by atoms with Gasteiger partial charge in [0.25, 0.3) is 0 Å². The molecule has 15 heavy (non-hydrogen) atoms. The van der Waals surface area contributed by atoms with Gasteiger partial charge in [-0.1, -0.05) is 12.1 Å². The van der Waals surface area contributed by atoms with Crippen LogP contribution in [-0.4, -0.2) is 36.5 Å². The Bertz CT molecular complexity index is 291. The van der Waals surface area contributed by atoms with Gasteiger partial charge in [0, 0.05) is 6.54 Å². The molecule has 0 spiro atoms. The summed E-state index contributed by atoms with van der Waals surface area (Å²) in [5.74, 6) is 0.664. The van der Waals surface area contributed by atoms with E-state index in [1.165, 1.54) is 0 Å². The van der Waals surface area contributed by atoms with E-state index in [1.807, 2.05) is 12.1 Å². The molecule has 0 radical (unpaired) electrons. The van der Waals surface area contributed by atoms with Gasteiger partial charge in [-0.25, -0.2) is 0 Å². The number of ether oxygens (including phenoxy) is 1. The third-order valence-corrected chi connectivity index (χ3v) is 1.96. The highest BCUT2D eigenvalue weighted by molar-refractivity contribution is 5.27. The smallest absolute Gasteiger partial charge is 0.119 e. The van der Waals surface area contributed by atoms with Crippen LogP contribution in [-0.2, 0) is 6.61 Å². The summed E-state index contributed by atoms with van der Waals surface area (Å²) in [5.41, 5.74) is 0.801. The predicted octanol–water partition coefficient (Wildman–Crippen LogP) is 0.138. The van der Waals surface area contributed by atoms with Crippen LogP contribution < -0.4 is 10.1 Å². The van der Waals surface area contributed by atoms with Crippen molar-refractivity contribution in [1.82, 2.24) is 5.32 Å². The molecule has 1 atom stereocenters. The molecule has 0 fully saturated rings. The summed E-state index contributed by atoms with van der Waals surface area (Å²) in [5, 5.41) is 21.2. The molecule has 1 rings (SSSR count). The number of nitrogens with one attached hydrogen (secondary N) is 1. The average molecular weight is 211 g/mol. The molecule has 84 valence electrons. The summed E-state index contributed by atoms with van der Waals surface area (Å²) < 4.78 is 5.36. The molecule has 0 bridgehead atoms. The predicted molar refractivity (Wildman–Crippen MR) is 57.8 cm³/mol. The van der Waals surface area contributed by atoms with Crippen molar-refractivity contribution in [3.05, 3.63) is 29.8 Å². The Morgan fingerprint density at radius 2 is 2.27 bits per heavy atom. The van der Waals surface area contributed by atoms with Crippen LogP contribution in [0.1, 0.15) is 5.56 Å². The van der Waals surface area contributed by atoms with Crippen molar-refractivity contribution in [2.45, 2.75) is 12.7 Å². The number of hydrogen-bond acceptors (Lipinski definition) is 4. The maximum absolute atomic E-state index is 9.40. The van der Waals surface area contributed by atoms with Crippen LogP contribution in [0.3, 0.4) is 0 Å². The van der Waals surface area contributed by atoms with Gasteiger partial charge in [0.1, 0.15) is 18.5 Å². The molecular formula is C11H17NO3. The van der Waals surface area contributed by atoms with Crippen molar-refractivity contribution >= 4 is 0 Å². The van der Waals surface area contributed by atoms with Crippen molar-refractivity contribution in [1.29, 1.82) is 0 Å². The van der Waals surface area contributed by atoms with Gasteiger partial charge in [0.15, 0.2) is 0 Å². The molecule has 0 amide bonds. The third kappa shape index (κ3) is 4.29. The Kier molecular flexibility index (Phi) is 5.10. The summed E-state index contributed by atoms with van der Waals surface area (Å²) in [6, 6.07) is 7.18. The lowest BCUT2D eigenvalue weighted by Crippen LogP contribution is -2.29. The first-order valence-electron chi connectivity index (χ1n) is 4.91. The number of aliphatic hydroxyl groups is 2. The number of rotatable bonds is 6. The van der Waals surface area contributed by atoms with Crippen molar-refractivity contribution in [3.8, 4) is 5.75 Å². The first-order valence-corrected chi connectivity index (χ1v) is 4.91. The Hall–Kier alpha value is -1.10. The van der Waals surface area contributed by atoms with E-state index in [2.05, 4.69) is 5.32 Å². The molecule has 0 aliphatic rings. The normalized spacial score (nSPS) is 12.5. The molecule has 4 heteroatoms. The molecule has 1 aromatic rings. The molecule has 0 saturated carbocycles. The monoisotopic (exact) mass is 211 g/mol. The van der Waals surface area contributed by atoms with Gasteiger partial charge >= 0.3 is 0 Å². The summed E-state index contributed by atoms with van der Waals surface area (Å²) in [6.07, 6.45) is -0.521. The average Bonchev–Trinajstić information content (AvgIpc) is 2.27. The van der Waals surface area contributed by atoms with Crippen molar-refractivity contribution in [2.75, 3.05) is 20.2 Å². The quantitative estimate of drug-likeness (QED) is 0.626. The Balaban J connectivity index is 2.43. The number of hydrogen-bond donors (Lipinski definition) is 3. The van der Waals surface area contributed by atoms with Crippen LogP contribution in [0.25, 0.3) is 0 Å². The van der Waals surface area contributed by atoms with Crippen molar-refractivity contribution < 1.29 is 14.9 Å². The second kappa shape index (κ2) is 6.40. The van der Waals surface area contributed by atoms with Crippen LogP contribution >= 0.6 is 0 Å². The fraction of sp³-hybridized carbons (Fsp3) is 0.455. The molecular weight excluding hydrogens is 194 g/mol. The van der Waals surface area contributed by atoms with Crippen LogP contribution in [0.15, 0.2) is 24.3 Å². The fourth-order valence-electron chi connectivity index (χ4n) is 1.22. The zero-order chi connectivity index (χ0) is 11.1. The molecule has 0 aliphatic carbocycles. The molecule has 0 saturated heterocycles. The van der Waals surface area contributed by atoms with Gasteiger partial charge in [-0.2, -0.15) is 0 Å². The molecule has 1 aromatic carbocycles. The molecule has 0 heterocycles. The van der Waals surface area contributed by atoms with Crippen LogP contribution in [0, 0.1) is 0 Å². The summed E-state index contributed by atoms with van der Waals surface area (Å²) in [7, 11) is 1.77. The van der Waals surface area contributed by atoms with Gasteiger partial charge in [-0.05, 0) is 24.7 Å². The summed E-state index contributed by atoms with van der Waals surface area (Å²) in [6.45, 7) is 0.742. The molecule has 4 nitrogen and oxygen atoms in total. The van der Waals surface area contributed by atoms with Crippen LogP contribution in [0.2, 0.25) is 0 Å². The van der Waals surface area contributed by atoms with E-state index in [4.69, 9.17) is 9.84 Å². The second-order valence-electron chi connectivity index (χ2n) is 3.33. The first kappa shape index (κ1) is 12.0. The van der Waals surface area contributed by atoms with Gasteiger partial charge in [-0.15, -0.1) is 0 Å². The van der Waals surface area contributed by atoms with E-state index < -0.39 is 6.10 Å². The zero-order valence-corrected chi connectivity index (χ0v) is 8.81. The van der Waals surface area contributed by atoms with Crippen LogP contribution in [0.5, 0.6) is 5.75 Å². The lowest BCUT2D eigenvalue weighted by molar-refractivity contribution is 0.108. The second-order valence-corrected chi connectivity index (χ2v) is 3.33. The lowest BCUT2D eigenvalue weighted by atomic mass is 10.2. The number of likely N-dealkylation sites (N-methyl/N-ethyl adjacent to an activating group) is 1. The van der Waals surface area contributed by atoms with E-state index in [-0.39, 0.29) is 13.2 Å². The molecule has 1 unspecified atom stereocenters. The van der Waals surface area contributed by atoms with Gasteiger partial charge < -0.3 is 20.3 Å². The van der Waals surface area contributed by atoms with E-state index in [0.29, 0.717) is 12.3 Å². The summed E-state index contributed by atoms with van der Waals surface area (Å²) >= 11 is 0. The highest BCUT2D eigenvalue weighted by Crippen LogP contribution is 2.13. The lowest BCUT2D eigenvalue weighted by Gasteiger charge is -2.12.